The summed E-state index contributed by atoms with van der Waals surface area (Å²) in [5, 5.41) is 2.81. The summed E-state index contributed by atoms with van der Waals surface area (Å²) in [6.07, 6.45) is 1.52. The van der Waals surface area contributed by atoms with E-state index in [1.165, 1.54) is 6.08 Å². The third kappa shape index (κ3) is 7.59. The number of amides is 1. The van der Waals surface area contributed by atoms with Gasteiger partial charge in [0.25, 0.3) is 0 Å². The first kappa shape index (κ1) is 10.7. The van der Waals surface area contributed by atoms with E-state index in [0.717, 1.165) is 4.48 Å². The number of hydrogen-bond donors (Lipinski definition) is 1. The van der Waals surface area contributed by atoms with Gasteiger partial charge < -0.3 is 5.32 Å². The Bertz CT molecular complexity index is 175. The Labute approximate surface area is 76.2 Å². The highest BCUT2D eigenvalue weighted by atomic mass is 79.9. The molecule has 0 saturated heterocycles. The van der Waals surface area contributed by atoms with Crippen LogP contribution in [0, 0.1) is 0 Å². The zero-order chi connectivity index (χ0) is 9.07. The monoisotopic (exact) mass is 219 g/mol. The van der Waals surface area contributed by atoms with Crippen molar-refractivity contribution in [2.45, 2.75) is 33.2 Å². The van der Waals surface area contributed by atoms with E-state index >= 15 is 0 Å². The van der Waals surface area contributed by atoms with Crippen LogP contribution in [0.1, 0.15) is 27.7 Å². The molecule has 2 nitrogen and oxygen atoms in total. The van der Waals surface area contributed by atoms with Crippen LogP contribution < -0.4 is 5.32 Å². The Hall–Kier alpha value is -0.310. The van der Waals surface area contributed by atoms with Crippen molar-refractivity contribution < 1.29 is 4.79 Å². The van der Waals surface area contributed by atoms with Gasteiger partial charge in [-0.25, -0.2) is 0 Å². The van der Waals surface area contributed by atoms with E-state index in [1.54, 1.807) is 0 Å². The second-order valence-electron chi connectivity index (χ2n) is 3.47. The standard InChI is InChI=1S/C8H14BrNO/c1-6(9)5-7(11)10-8(2,3)4/h5H,1-4H3,(H,10,11)/b6-5-. The van der Waals surface area contributed by atoms with Crippen molar-refractivity contribution in [3.63, 3.8) is 0 Å². The summed E-state index contributed by atoms with van der Waals surface area (Å²) in [5.41, 5.74) is -0.157. The van der Waals surface area contributed by atoms with E-state index < -0.39 is 0 Å². The van der Waals surface area contributed by atoms with E-state index in [1.807, 2.05) is 27.7 Å². The number of hydrogen-bond acceptors (Lipinski definition) is 1. The number of halogens is 1. The minimum Gasteiger partial charge on any atom is -0.348 e. The zero-order valence-electron chi connectivity index (χ0n) is 7.36. The topological polar surface area (TPSA) is 29.1 Å². The number of nitrogens with one attached hydrogen (secondary N) is 1. The van der Waals surface area contributed by atoms with Crippen molar-refractivity contribution in [3.8, 4) is 0 Å². The van der Waals surface area contributed by atoms with Gasteiger partial charge in [0.15, 0.2) is 0 Å². The lowest BCUT2D eigenvalue weighted by Crippen LogP contribution is -2.39. The number of rotatable bonds is 1. The minimum atomic E-state index is -0.157. The SMILES string of the molecule is C/C(Br)=C/C(=O)NC(C)(C)C. The van der Waals surface area contributed by atoms with Crippen LogP contribution in [0.3, 0.4) is 0 Å². The fourth-order valence-electron chi connectivity index (χ4n) is 0.586. The van der Waals surface area contributed by atoms with Crippen LogP contribution in [-0.4, -0.2) is 11.4 Å². The molecule has 0 unspecified atom stereocenters. The summed E-state index contributed by atoms with van der Waals surface area (Å²) in [6, 6.07) is 0. The van der Waals surface area contributed by atoms with Gasteiger partial charge in [0, 0.05) is 11.6 Å². The first-order chi connectivity index (χ1) is 4.81. The molecular formula is C8H14BrNO. The van der Waals surface area contributed by atoms with Crippen LogP contribution in [0.5, 0.6) is 0 Å². The van der Waals surface area contributed by atoms with Gasteiger partial charge in [0.2, 0.25) is 5.91 Å². The van der Waals surface area contributed by atoms with Gasteiger partial charge in [0.1, 0.15) is 0 Å². The molecule has 1 amide bonds. The average Bonchev–Trinajstić information content (AvgIpc) is 1.53. The molecule has 0 rings (SSSR count). The Morgan fingerprint density at radius 2 is 1.91 bits per heavy atom. The molecule has 0 aromatic carbocycles. The lowest BCUT2D eigenvalue weighted by atomic mass is 10.1. The average molecular weight is 220 g/mol. The highest BCUT2D eigenvalue weighted by Gasteiger charge is 2.11. The second kappa shape index (κ2) is 3.90. The molecule has 0 aromatic rings. The molecule has 0 aliphatic heterocycles. The van der Waals surface area contributed by atoms with Crippen molar-refractivity contribution >= 4 is 21.8 Å². The van der Waals surface area contributed by atoms with Gasteiger partial charge in [-0.15, -0.1) is 0 Å². The van der Waals surface area contributed by atoms with Gasteiger partial charge in [-0.3, -0.25) is 4.79 Å². The normalized spacial score (nSPS) is 13.0. The molecule has 3 heteroatoms. The molecule has 0 aliphatic rings. The van der Waals surface area contributed by atoms with Gasteiger partial charge in [-0.2, -0.15) is 0 Å². The van der Waals surface area contributed by atoms with E-state index in [9.17, 15) is 4.79 Å². The molecule has 0 saturated carbocycles. The fraction of sp³-hybridized carbons (Fsp3) is 0.625. The quantitative estimate of drug-likeness (QED) is 0.674. The Balaban J connectivity index is 4.00. The molecule has 0 heterocycles. The van der Waals surface area contributed by atoms with E-state index in [-0.39, 0.29) is 11.4 Å². The zero-order valence-corrected chi connectivity index (χ0v) is 8.95. The first-order valence-corrected chi connectivity index (χ1v) is 4.26. The lowest BCUT2D eigenvalue weighted by molar-refractivity contribution is -0.117. The molecule has 1 N–H and O–H groups in total. The maximum absolute atomic E-state index is 11.1. The summed E-state index contributed by atoms with van der Waals surface area (Å²) in [7, 11) is 0. The predicted molar refractivity (Wildman–Crippen MR) is 50.6 cm³/mol. The van der Waals surface area contributed by atoms with E-state index in [4.69, 9.17) is 0 Å². The fourth-order valence-corrected chi connectivity index (χ4v) is 0.794. The minimum absolute atomic E-state index is 0.0631. The molecule has 0 atom stereocenters. The van der Waals surface area contributed by atoms with Crippen molar-refractivity contribution in [3.05, 3.63) is 10.6 Å². The summed E-state index contributed by atoms with van der Waals surface area (Å²) < 4.78 is 0.833. The molecule has 11 heavy (non-hydrogen) atoms. The summed E-state index contributed by atoms with van der Waals surface area (Å²) in [5.74, 6) is -0.0631. The lowest BCUT2D eigenvalue weighted by Gasteiger charge is -2.19. The predicted octanol–water partition coefficient (Wildman–Crippen LogP) is 2.20. The van der Waals surface area contributed by atoms with E-state index in [2.05, 4.69) is 21.2 Å². The molecule has 0 aromatic heterocycles. The third-order valence-electron chi connectivity index (χ3n) is 0.828. The number of allylic oxidation sites excluding steroid dienone is 1. The molecular weight excluding hydrogens is 206 g/mol. The second-order valence-corrected chi connectivity index (χ2v) is 4.72. The maximum Gasteiger partial charge on any atom is 0.245 e. The van der Waals surface area contributed by atoms with Gasteiger partial charge >= 0.3 is 0 Å². The van der Waals surface area contributed by atoms with Crippen LogP contribution in [0.4, 0.5) is 0 Å². The van der Waals surface area contributed by atoms with Crippen LogP contribution >= 0.6 is 15.9 Å². The van der Waals surface area contributed by atoms with Crippen molar-refractivity contribution in [2.75, 3.05) is 0 Å². The highest BCUT2D eigenvalue weighted by molar-refractivity contribution is 9.11. The Morgan fingerprint density at radius 1 is 1.45 bits per heavy atom. The molecule has 0 bridgehead atoms. The van der Waals surface area contributed by atoms with Crippen LogP contribution in [-0.2, 0) is 4.79 Å². The highest BCUT2D eigenvalue weighted by Crippen LogP contribution is 2.03. The number of carbonyl (C=O) groups excluding carboxylic acids is 1. The summed E-state index contributed by atoms with van der Waals surface area (Å²) >= 11 is 3.18. The molecule has 0 radical (unpaired) electrons. The molecule has 64 valence electrons. The van der Waals surface area contributed by atoms with Gasteiger partial charge in [-0.05, 0) is 32.2 Å². The van der Waals surface area contributed by atoms with Crippen LogP contribution in [0.15, 0.2) is 10.6 Å². The molecule has 0 fully saturated rings. The van der Waals surface area contributed by atoms with E-state index in [0.29, 0.717) is 0 Å². The largest absolute Gasteiger partial charge is 0.348 e. The third-order valence-corrected chi connectivity index (χ3v) is 1.06. The number of carbonyl (C=O) groups is 1. The first-order valence-electron chi connectivity index (χ1n) is 3.47. The van der Waals surface area contributed by atoms with Gasteiger partial charge in [0.05, 0.1) is 0 Å². The Kier molecular flexibility index (Phi) is 3.79. The smallest absolute Gasteiger partial charge is 0.245 e. The maximum atomic E-state index is 11.1. The van der Waals surface area contributed by atoms with Crippen molar-refractivity contribution in [1.29, 1.82) is 0 Å². The molecule has 0 aliphatic carbocycles. The van der Waals surface area contributed by atoms with Crippen molar-refractivity contribution in [2.24, 2.45) is 0 Å². The van der Waals surface area contributed by atoms with Crippen molar-refractivity contribution in [1.82, 2.24) is 5.32 Å². The van der Waals surface area contributed by atoms with Crippen LogP contribution in [0.2, 0.25) is 0 Å². The Morgan fingerprint density at radius 3 is 2.18 bits per heavy atom. The van der Waals surface area contributed by atoms with Crippen LogP contribution in [0.25, 0.3) is 0 Å². The molecule has 0 spiro atoms. The summed E-state index contributed by atoms with van der Waals surface area (Å²) in [4.78, 5) is 11.1. The summed E-state index contributed by atoms with van der Waals surface area (Å²) in [6.45, 7) is 7.66. The van der Waals surface area contributed by atoms with Gasteiger partial charge in [-0.1, -0.05) is 15.9 Å².